The first-order valence-electron chi connectivity index (χ1n) is 5.78. The van der Waals surface area contributed by atoms with E-state index in [4.69, 9.17) is 0 Å². The number of hydrogen-bond acceptors (Lipinski definition) is 3. The Bertz CT molecular complexity index is 451. The van der Waals surface area contributed by atoms with Gasteiger partial charge in [0.1, 0.15) is 11.5 Å². The fraction of sp³-hybridized carbons (Fsp3) is 0.636. The van der Waals surface area contributed by atoms with E-state index in [1.54, 1.807) is 0 Å². The highest BCUT2D eigenvalue weighted by atomic mass is 16.2. The molecule has 2 unspecified atom stereocenters. The summed E-state index contributed by atoms with van der Waals surface area (Å²) in [7, 11) is 1.90. The third-order valence-corrected chi connectivity index (χ3v) is 3.65. The predicted octanol–water partition coefficient (Wildman–Crippen LogP) is 1.26. The Balaban J connectivity index is 2.06. The van der Waals surface area contributed by atoms with E-state index in [0.717, 1.165) is 36.5 Å². The molecule has 3 rings (SSSR count). The van der Waals surface area contributed by atoms with Gasteiger partial charge in [0.25, 0.3) is 0 Å². The molecule has 1 aromatic rings. The highest BCUT2D eigenvalue weighted by molar-refractivity contribution is 5.98. The largest absolute Gasteiger partial charge is 0.365 e. The lowest BCUT2D eigenvalue weighted by atomic mass is 10.0. The van der Waals surface area contributed by atoms with Crippen LogP contribution in [0.25, 0.3) is 0 Å². The number of rotatable bonds is 0. The number of fused-ring (bicyclic) bond motifs is 2. The van der Waals surface area contributed by atoms with E-state index in [2.05, 4.69) is 15.7 Å². The first kappa shape index (κ1) is 9.69. The Morgan fingerprint density at radius 1 is 1.44 bits per heavy atom. The van der Waals surface area contributed by atoms with E-state index in [0.29, 0.717) is 0 Å². The van der Waals surface area contributed by atoms with Gasteiger partial charge in [0.15, 0.2) is 0 Å². The maximum atomic E-state index is 12.0. The van der Waals surface area contributed by atoms with Crippen LogP contribution in [0.15, 0.2) is 0 Å². The number of aryl methyl sites for hydroxylation is 2. The fourth-order valence-electron chi connectivity index (χ4n) is 2.81. The summed E-state index contributed by atoms with van der Waals surface area (Å²) < 4.78 is 1.81. The molecular weight excluding hydrogens is 204 g/mol. The van der Waals surface area contributed by atoms with Crippen LogP contribution >= 0.6 is 0 Å². The third kappa shape index (κ3) is 1.24. The van der Waals surface area contributed by atoms with Crippen LogP contribution in [0.4, 0.5) is 11.5 Å². The Hall–Kier alpha value is -1.52. The van der Waals surface area contributed by atoms with Crippen molar-refractivity contribution in [1.82, 2.24) is 9.78 Å². The van der Waals surface area contributed by atoms with Gasteiger partial charge in [0.2, 0.25) is 5.91 Å². The van der Waals surface area contributed by atoms with Crippen LogP contribution in [-0.2, 0) is 11.8 Å². The lowest BCUT2D eigenvalue weighted by Gasteiger charge is -2.16. The molecule has 0 bridgehead atoms. The van der Waals surface area contributed by atoms with Crippen LogP contribution in [-0.4, -0.2) is 21.7 Å². The summed E-state index contributed by atoms with van der Waals surface area (Å²) in [6, 6.07) is 0.274. The van der Waals surface area contributed by atoms with Gasteiger partial charge in [-0.25, -0.2) is 0 Å². The molecule has 5 nitrogen and oxygen atoms in total. The maximum Gasteiger partial charge on any atom is 0.229 e. The lowest BCUT2D eigenvalue weighted by Crippen LogP contribution is -2.31. The van der Waals surface area contributed by atoms with Gasteiger partial charge in [-0.05, 0) is 19.8 Å². The molecule has 1 amide bonds. The molecule has 86 valence electrons. The van der Waals surface area contributed by atoms with E-state index >= 15 is 0 Å². The van der Waals surface area contributed by atoms with Crippen LogP contribution in [0.3, 0.4) is 0 Å². The van der Waals surface area contributed by atoms with Gasteiger partial charge in [-0.15, -0.1) is 0 Å². The van der Waals surface area contributed by atoms with Crippen molar-refractivity contribution in [3.63, 3.8) is 0 Å². The second-order valence-electron chi connectivity index (χ2n) is 4.71. The molecule has 1 fully saturated rings. The van der Waals surface area contributed by atoms with Gasteiger partial charge in [-0.1, -0.05) is 6.42 Å². The first-order chi connectivity index (χ1) is 7.66. The van der Waals surface area contributed by atoms with Crippen molar-refractivity contribution >= 4 is 17.4 Å². The predicted molar refractivity (Wildman–Crippen MR) is 61.3 cm³/mol. The average Bonchev–Trinajstić information content (AvgIpc) is 2.75. The van der Waals surface area contributed by atoms with Crippen LogP contribution in [0.1, 0.15) is 25.0 Å². The Kier molecular flexibility index (Phi) is 1.96. The van der Waals surface area contributed by atoms with Crippen LogP contribution in [0.2, 0.25) is 0 Å². The second-order valence-corrected chi connectivity index (χ2v) is 4.71. The normalized spacial score (nSPS) is 27.8. The van der Waals surface area contributed by atoms with Gasteiger partial charge in [-0.3, -0.25) is 9.48 Å². The lowest BCUT2D eigenvalue weighted by molar-refractivity contribution is -0.119. The maximum absolute atomic E-state index is 12.0. The molecule has 2 atom stereocenters. The molecule has 1 aromatic heterocycles. The van der Waals surface area contributed by atoms with Crippen molar-refractivity contribution in [3.8, 4) is 0 Å². The Morgan fingerprint density at radius 2 is 2.25 bits per heavy atom. The summed E-state index contributed by atoms with van der Waals surface area (Å²) >= 11 is 0. The van der Waals surface area contributed by atoms with Gasteiger partial charge in [-0.2, -0.15) is 5.10 Å². The zero-order chi connectivity index (χ0) is 11.3. The van der Waals surface area contributed by atoms with Crippen LogP contribution < -0.4 is 10.6 Å². The van der Waals surface area contributed by atoms with E-state index < -0.39 is 0 Å². The van der Waals surface area contributed by atoms with Gasteiger partial charge in [0.05, 0.1) is 11.6 Å². The Morgan fingerprint density at radius 3 is 3.06 bits per heavy atom. The number of nitrogens with one attached hydrogen (secondary N) is 2. The quantitative estimate of drug-likeness (QED) is 0.692. The van der Waals surface area contributed by atoms with Crippen molar-refractivity contribution in [1.29, 1.82) is 0 Å². The molecule has 2 heterocycles. The Labute approximate surface area is 94.2 Å². The zero-order valence-electron chi connectivity index (χ0n) is 9.58. The molecular formula is C11H16N4O. The minimum atomic E-state index is 0.117. The van der Waals surface area contributed by atoms with Crippen LogP contribution in [0, 0.1) is 12.8 Å². The summed E-state index contributed by atoms with van der Waals surface area (Å²) in [5.74, 6) is 1.21. The minimum absolute atomic E-state index is 0.117. The molecule has 0 spiro atoms. The van der Waals surface area contributed by atoms with E-state index in [1.165, 1.54) is 0 Å². The summed E-state index contributed by atoms with van der Waals surface area (Å²) in [6.45, 7) is 1.92. The molecule has 0 saturated heterocycles. The summed E-state index contributed by atoms with van der Waals surface area (Å²) in [4.78, 5) is 12.0. The standard InChI is InChI=1S/C11H16N4O/c1-6-9-10(15(2)14-6)12-8-5-3-4-7(8)11(16)13-9/h7-8,12H,3-5H2,1-2H3,(H,13,16). The van der Waals surface area contributed by atoms with Crippen LogP contribution in [0.5, 0.6) is 0 Å². The summed E-state index contributed by atoms with van der Waals surface area (Å²) in [6.07, 6.45) is 3.19. The van der Waals surface area contributed by atoms with Gasteiger partial charge in [0, 0.05) is 13.1 Å². The van der Waals surface area contributed by atoms with Gasteiger partial charge >= 0.3 is 0 Å². The van der Waals surface area contributed by atoms with Gasteiger partial charge < -0.3 is 10.6 Å². The monoisotopic (exact) mass is 220 g/mol. The highest BCUT2D eigenvalue weighted by Gasteiger charge is 2.37. The number of anilines is 2. The number of carbonyl (C=O) groups is 1. The molecule has 16 heavy (non-hydrogen) atoms. The number of hydrogen-bond donors (Lipinski definition) is 2. The minimum Gasteiger partial charge on any atom is -0.365 e. The summed E-state index contributed by atoms with van der Waals surface area (Å²) in [5, 5.41) is 10.8. The topological polar surface area (TPSA) is 59.0 Å². The molecule has 2 aliphatic rings. The second kappa shape index (κ2) is 3.23. The number of amides is 1. The number of aromatic nitrogens is 2. The number of nitrogens with zero attached hydrogens (tertiary/aromatic N) is 2. The zero-order valence-corrected chi connectivity index (χ0v) is 9.58. The molecule has 0 radical (unpaired) electrons. The molecule has 1 aliphatic heterocycles. The molecule has 5 heteroatoms. The van der Waals surface area contributed by atoms with E-state index in [-0.39, 0.29) is 17.9 Å². The van der Waals surface area contributed by atoms with Crippen molar-refractivity contribution in [2.45, 2.75) is 32.2 Å². The van der Waals surface area contributed by atoms with Crippen molar-refractivity contribution in [2.24, 2.45) is 13.0 Å². The fourth-order valence-corrected chi connectivity index (χ4v) is 2.81. The van der Waals surface area contributed by atoms with E-state index in [1.807, 2.05) is 18.7 Å². The van der Waals surface area contributed by atoms with Crippen molar-refractivity contribution in [3.05, 3.63) is 5.69 Å². The molecule has 0 aromatic carbocycles. The van der Waals surface area contributed by atoms with Crippen molar-refractivity contribution in [2.75, 3.05) is 10.6 Å². The number of carbonyl (C=O) groups excluding carboxylic acids is 1. The average molecular weight is 220 g/mol. The van der Waals surface area contributed by atoms with E-state index in [9.17, 15) is 4.79 Å². The highest BCUT2D eigenvalue weighted by Crippen LogP contribution is 2.36. The molecule has 2 N–H and O–H groups in total. The SMILES string of the molecule is Cc1nn(C)c2c1NC(=O)C1CCCC1N2. The first-order valence-corrected chi connectivity index (χ1v) is 5.78. The molecule has 1 aliphatic carbocycles. The third-order valence-electron chi connectivity index (χ3n) is 3.65. The summed E-state index contributed by atoms with van der Waals surface area (Å²) in [5.41, 5.74) is 1.72. The smallest absolute Gasteiger partial charge is 0.229 e. The van der Waals surface area contributed by atoms with Crippen molar-refractivity contribution < 1.29 is 4.79 Å². The molecule has 1 saturated carbocycles.